The van der Waals surface area contributed by atoms with Crippen LogP contribution < -0.4 is 5.32 Å². The van der Waals surface area contributed by atoms with E-state index in [1.165, 1.54) is 25.0 Å². The Labute approximate surface area is 102 Å². The molecule has 1 aliphatic heterocycles. The van der Waals surface area contributed by atoms with Crippen LogP contribution >= 0.6 is 11.8 Å². The molecule has 1 saturated heterocycles. The van der Waals surface area contributed by atoms with Crippen LogP contribution in [0.25, 0.3) is 0 Å². The minimum absolute atomic E-state index is 0.391. The number of hydrogen-bond acceptors (Lipinski definition) is 3. The molecule has 0 aromatic heterocycles. The van der Waals surface area contributed by atoms with Gasteiger partial charge in [0.25, 0.3) is 0 Å². The molecule has 1 atom stereocenters. The Morgan fingerprint density at radius 2 is 2.38 bits per heavy atom. The Kier molecular flexibility index (Phi) is 4.91. The fourth-order valence-electron chi connectivity index (χ4n) is 2.37. The second-order valence-corrected chi connectivity index (χ2v) is 5.83. The highest BCUT2D eigenvalue weighted by Crippen LogP contribution is 2.20. The normalized spacial score (nSPS) is 27.0. The van der Waals surface area contributed by atoms with E-state index in [0.717, 1.165) is 30.7 Å². The lowest BCUT2D eigenvalue weighted by Gasteiger charge is -2.22. The van der Waals surface area contributed by atoms with Crippen molar-refractivity contribution in [2.45, 2.75) is 44.6 Å². The summed E-state index contributed by atoms with van der Waals surface area (Å²) in [6, 6.07) is 0.412. The van der Waals surface area contributed by atoms with E-state index in [2.05, 4.69) is 11.4 Å². The first-order valence-corrected chi connectivity index (χ1v) is 7.55. The van der Waals surface area contributed by atoms with Gasteiger partial charge in [0.2, 0.25) is 0 Å². The molecule has 2 aliphatic rings. The Bertz CT molecular complexity index is 269. The number of carbonyl (C=O) groups excluding carboxylic acids is 1. The Balaban J connectivity index is 1.83. The lowest BCUT2D eigenvalue weighted by atomic mass is 10.0. The van der Waals surface area contributed by atoms with Gasteiger partial charge in [0, 0.05) is 30.5 Å². The largest absolute Gasteiger partial charge is 0.312 e. The average Bonchev–Trinajstić information content (AvgIpc) is 2.59. The number of hydrogen-bond donors (Lipinski definition) is 1. The van der Waals surface area contributed by atoms with Crippen molar-refractivity contribution in [3.05, 3.63) is 11.6 Å². The van der Waals surface area contributed by atoms with Crippen molar-refractivity contribution in [1.29, 1.82) is 0 Å². The smallest absolute Gasteiger partial charge is 0.160 e. The number of rotatable bonds is 3. The molecule has 0 spiro atoms. The van der Waals surface area contributed by atoms with Gasteiger partial charge in [0.1, 0.15) is 0 Å². The van der Waals surface area contributed by atoms with Crippen LogP contribution in [-0.4, -0.2) is 29.9 Å². The summed E-state index contributed by atoms with van der Waals surface area (Å²) in [6.07, 6.45) is 8.75. The highest BCUT2D eigenvalue weighted by molar-refractivity contribution is 7.99. The molecule has 1 fully saturated rings. The van der Waals surface area contributed by atoms with E-state index in [9.17, 15) is 4.79 Å². The van der Waals surface area contributed by atoms with Gasteiger partial charge >= 0.3 is 0 Å². The Morgan fingerprint density at radius 3 is 3.19 bits per heavy atom. The van der Waals surface area contributed by atoms with Gasteiger partial charge in [-0.3, -0.25) is 4.79 Å². The van der Waals surface area contributed by atoms with Crippen molar-refractivity contribution in [2.75, 3.05) is 18.1 Å². The van der Waals surface area contributed by atoms with Crippen molar-refractivity contribution in [3.63, 3.8) is 0 Å². The number of thioether (sulfide) groups is 1. The fraction of sp³-hybridized carbons (Fsp3) is 0.769. The molecular weight excluding hydrogens is 218 g/mol. The summed E-state index contributed by atoms with van der Waals surface area (Å²) in [5, 5.41) is 3.44. The molecule has 0 aromatic rings. The van der Waals surface area contributed by atoms with Gasteiger partial charge in [0.05, 0.1) is 0 Å². The van der Waals surface area contributed by atoms with E-state index in [4.69, 9.17) is 0 Å². The van der Waals surface area contributed by atoms with E-state index in [0.29, 0.717) is 18.2 Å². The first-order chi connectivity index (χ1) is 7.86. The predicted octanol–water partition coefficient (Wildman–Crippen LogP) is 2.54. The third-order valence-electron chi connectivity index (χ3n) is 3.33. The summed E-state index contributed by atoms with van der Waals surface area (Å²) in [5.41, 5.74) is 1.11. The molecule has 1 N–H and O–H groups in total. The molecular formula is C13H21NOS. The van der Waals surface area contributed by atoms with Gasteiger partial charge in [-0.15, -0.1) is 0 Å². The standard InChI is InChI=1S/C13H21NOS/c15-13(9-12-10-16-8-7-14-12)11-5-3-1-2-4-6-11/h5,12,14H,1-4,6-10H2. The second kappa shape index (κ2) is 6.45. The lowest BCUT2D eigenvalue weighted by Crippen LogP contribution is -2.39. The second-order valence-electron chi connectivity index (χ2n) is 4.68. The first kappa shape index (κ1) is 12.2. The highest BCUT2D eigenvalue weighted by atomic mass is 32.2. The van der Waals surface area contributed by atoms with Crippen LogP contribution in [0.2, 0.25) is 0 Å². The third-order valence-corrected chi connectivity index (χ3v) is 4.46. The number of ketones is 1. The minimum Gasteiger partial charge on any atom is -0.312 e. The SMILES string of the molecule is O=C(CC1CSCCN1)C1=CCCCCC1. The molecule has 3 heteroatoms. The van der Waals surface area contributed by atoms with Gasteiger partial charge in [-0.2, -0.15) is 11.8 Å². The van der Waals surface area contributed by atoms with Crippen LogP contribution in [0.5, 0.6) is 0 Å². The Hall–Kier alpha value is -0.280. The van der Waals surface area contributed by atoms with Gasteiger partial charge in [-0.1, -0.05) is 12.5 Å². The maximum absolute atomic E-state index is 12.1. The molecule has 16 heavy (non-hydrogen) atoms. The summed E-state index contributed by atoms with van der Waals surface area (Å²) in [6.45, 7) is 1.06. The number of carbonyl (C=O) groups is 1. The zero-order valence-electron chi connectivity index (χ0n) is 9.84. The quantitative estimate of drug-likeness (QED) is 0.820. The van der Waals surface area contributed by atoms with Crippen molar-refractivity contribution >= 4 is 17.5 Å². The van der Waals surface area contributed by atoms with Crippen molar-refractivity contribution < 1.29 is 4.79 Å². The van der Waals surface area contributed by atoms with E-state index >= 15 is 0 Å². The van der Waals surface area contributed by atoms with Crippen molar-refractivity contribution in [3.8, 4) is 0 Å². The molecule has 0 amide bonds. The zero-order chi connectivity index (χ0) is 11.2. The van der Waals surface area contributed by atoms with E-state index in [1.807, 2.05) is 11.8 Å². The lowest BCUT2D eigenvalue weighted by molar-refractivity contribution is -0.116. The maximum Gasteiger partial charge on any atom is 0.160 e. The summed E-state index contributed by atoms with van der Waals surface area (Å²) >= 11 is 1.96. The molecule has 1 aliphatic carbocycles. The van der Waals surface area contributed by atoms with Crippen LogP contribution in [0.3, 0.4) is 0 Å². The topological polar surface area (TPSA) is 29.1 Å². The van der Waals surface area contributed by atoms with Crippen LogP contribution in [0, 0.1) is 0 Å². The molecule has 0 saturated carbocycles. The first-order valence-electron chi connectivity index (χ1n) is 6.39. The van der Waals surface area contributed by atoms with E-state index in [-0.39, 0.29) is 0 Å². The zero-order valence-corrected chi connectivity index (χ0v) is 10.7. The monoisotopic (exact) mass is 239 g/mol. The van der Waals surface area contributed by atoms with Gasteiger partial charge in [-0.25, -0.2) is 0 Å². The van der Waals surface area contributed by atoms with Crippen LogP contribution in [0.1, 0.15) is 38.5 Å². The molecule has 0 radical (unpaired) electrons. The molecule has 0 aromatic carbocycles. The molecule has 1 heterocycles. The minimum atomic E-state index is 0.391. The number of allylic oxidation sites excluding steroid dienone is 2. The molecule has 0 bridgehead atoms. The summed E-state index contributed by atoms with van der Waals surface area (Å²) in [7, 11) is 0. The summed E-state index contributed by atoms with van der Waals surface area (Å²) < 4.78 is 0. The number of nitrogens with one attached hydrogen (secondary N) is 1. The third kappa shape index (κ3) is 3.63. The van der Waals surface area contributed by atoms with Gasteiger partial charge in [-0.05, 0) is 31.3 Å². The van der Waals surface area contributed by atoms with Crippen molar-refractivity contribution in [1.82, 2.24) is 5.32 Å². The maximum atomic E-state index is 12.1. The van der Waals surface area contributed by atoms with Crippen LogP contribution in [0.15, 0.2) is 11.6 Å². The molecule has 2 nitrogen and oxygen atoms in total. The van der Waals surface area contributed by atoms with Gasteiger partial charge in [0.15, 0.2) is 5.78 Å². The van der Waals surface area contributed by atoms with E-state index in [1.54, 1.807) is 0 Å². The predicted molar refractivity (Wildman–Crippen MR) is 69.9 cm³/mol. The summed E-state index contributed by atoms with van der Waals surface area (Å²) in [5.74, 6) is 2.67. The van der Waals surface area contributed by atoms with E-state index < -0.39 is 0 Å². The van der Waals surface area contributed by atoms with Gasteiger partial charge < -0.3 is 5.32 Å². The fourth-order valence-corrected chi connectivity index (χ4v) is 3.32. The average molecular weight is 239 g/mol. The highest BCUT2D eigenvalue weighted by Gasteiger charge is 2.19. The Morgan fingerprint density at radius 1 is 1.44 bits per heavy atom. The van der Waals surface area contributed by atoms with Crippen molar-refractivity contribution in [2.24, 2.45) is 0 Å². The molecule has 90 valence electrons. The summed E-state index contributed by atoms with van der Waals surface area (Å²) in [4.78, 5) is 12.1. The molecule has 2 rings (SSSR count). The number of Topliss-reactive ketones (excluding diaryl/α,β-unsaturated/α-hetero) is 1. The van der Waals surface area contributed by atoms with Crippen LogP contribution in [0.4, 0.5) is 0 Å². The van der Waals surface area contributed by atoms with Crippen LogP contribution in [-0.2, 0) is 4.79 Å². The molecule has 1 unspecified atom stereocenters.